The molecule has 6 nitrogen and oxygen atoms in total. The van der Waals surface area contributed by atoms with Gasteiger partial charge in [0.05, 0.1) is 7.11 Å². The van der Waals surface area contributed by atoms with Gasteiger partial charge in [-0.2, -0.15) is 0 Å². The molecule has 0 saturated heterocycles. The van der Waals surface area contributed by atoms with Crippen LogP contribution in [0.5, 0.6) is 5.75 Å². The fraction of sp³-hybridized carbons (Fsp3) is 0.200. The first-order valence-electron chi connectivity index (χ1n) is 8.63. The van der Waals surface area contributed by atoms with Crippen molar-refractivity contribution in [3.05, 3.63) is 60.4 Å². The van der Waals surface area contributed by atoms with Gasteiger partial charge in [-0.1, -0.05) is 18.2 Å². The van der Waals surface area contributed by atoms with Crippen LogP contribution in [0.4, 0.5) is 28.7 Å². The van der Waals surface area contributed by atoms with E-state index in [0.717, 1.165) is 36.6 Å². The topological polar surface area (TPSA) is 76.3 Å². The number of ether oxygens (including phenoxy) is 1. The predicted molar refractivity (Wildman–Crippen MR) is 104 cm³/mol. The predicted octanol–water partition coefficient (Wildman–Crippen LogP) is 3.90. The lowest BCUT2D eigenvalue weighted by molar-refractivity contribution is 0.415. The van der Waals surface area contributed by atoms with Gasteiger partial charge in [-0.3, -0.25) is 0 Å². The van der Waals surface area contributed by atoms with Crippen LogP contribution in [0.1, 0.15) is 12.0 Å². The standard InChI is InChI=1S/C20H21N5O/c1-26-16-10-8-15(9-11-16)24-19-18(21)20(23-13-22-19)25-12-4-6-14-5-2-3-7-17(14)25/h2-3,5,7-11,13H,4,6,12,21H2,1H3,(H,22,23,24). The molecule has 0 spiro atoms. The Balaban J connectivity index is 1.66. The Morgan fingerprint density at radius 2 is 1.88 bits per heavy atom. The van der Waals surface area contributed by atoms with E-state index in [1.54, 1.807) is 13.4 Å². The monoisotopic (exact) mass is 347 g/mol. The summed E-state index contributed by atoms with van der Waals surface area (Å²) in [6.07, 6.45) is 3.70. The Kier molecular flexibility index (Phi) is 4.31. The first-order valence-corrected chi connectivity index (χ1v) is 8.63. The van der Waals surface area contributed by atoms with Gasteiger partial charge >= 0.3 is 0 Å². The second-order valence-electron chi connectivity index (χ2n) is 6.20. The lowest BCUT2D eigenvalue weighted by atomic mass is 10.0. The van der Waals surface area contributed by atoms with E-state index in [0.29, 0.717) is 11.5 Å². The Labute approximate surface area is 152 Å². The number of nitrogens with two attached hydrogens (primary N) is 1. The van der Waals surface area contributed by atoms with Crippen LogP contribution in [0.3, 0.4) is 0 Å². The summed E-state index contributed by atoms with van der Waals surface area (Å²) in [6.45, 7) is 0.889. The number of aromatic nitrogens is 2. The highest BCUT2D eigenvalue weighted by Gasteiger charge is 2.22. The maximum Gasteiger partial charge on any atom is 0.161 e. The van der Waals surface area contributed by atoms with Crippen LogP contribution >= 0.6 is 0 Å². The SMILES string of the molecule is COc1ccc(Nc2ncnc(N3CCCc4ccccc43)c2N)cc1. The zero-order chi connectivity index (χ0) is 17.9. The minimum Gasteiger partial charge on any atom is -0.497 e. The molecule has 0 unspecified atom stereocenters. The highest BCUT2D eigenvalue weighted by atomic mass is 16.5. The number of methoxy groups -OCH3 is 1. The van der Waals surface area contributed by atoms with Crippen molar-refractivity contribution in [2.75, 3.05) is 29.6 Å². The van der Waals surface area contributed by atoms with E-state index in [-0.39, 0.29) is 0 Å². The van der Waals surface area contributed by atoms with E-state index in [1.165, 1.54) is 11.3 Å². The number of aryl methyl sites for hydroxylation is 1. The van der Waals surface area contributed by atoms with Gasteiger partial charge in [0.2, 0.25) is 0 Å². The third-order valence-corrected chi connectivity index (χ3v) is 4.58. The molecule has 1 aliphatic rings. The van der Waals surface area contributed by atoms with Crippen molar-refractivity contribution in [1.29, 1.82) is 0 Å². The third kappa shape index (κ3) is 3.01. The number of rotatable bonds is 4. The summed E-state index contributed by atoms with van der Waals surface area (Å²) in [4.78, 5) is 11.0. The molecule has 0 radical (unpaired) electrons. The number of hydrogen-bond acceptors (Lipinski definition) is 6. The number of nitrogens with zero attached hydrogens (tertiary/aromatic N) is 3. The highest BCUT2D eigenvalue weighted by molar-refractivity contribution is 5.82. The van der Waals surface area contributed by atoms with Crippen molar-refractivity contribution >= 4 is 28.7 Å². The van der Waals surface area contributed by atoms with Crippen LogP contribution in [0.2, 0.25) is 0 Å². The van der Waals surface area contributed by atoms with Gasteiger partial charge in [-0.15, -0.1) is 0 Å². The molecule has 2 aromatic carbocycles. The van der Waals surface area contributed by atoms with Gasteiger partial charge in [-0.25, -0.2) is 9.97 Å². The summed E-state index contributed by atoms with van der Waals surface area (Å²) in [5.74, 6) is 2.14. The molecule has 4 rings (SSSR count). The lowest BCUT2D eigenvalue weighted by Gasteiger charge is -2.31. The summed E-state index contributed by atoms with van der Waals surface area (Å²) in [5, 5.41) is 3.27. The quantitative estimate of drug-likeness (QED) is 0.745. The van der Waals surface area contributed by atoms with E-state index in [4.69, 9.17) is 10.5 Å². The van der Waals surface area contributed by atoms with Crippen molar-refractivity contribution in [2.24, 2.45) is 0 Å². The fourth-order valence-electron chi connectivity index (χ4n) is 3.27. The molecular formula is C20H21N5O. The van der Waals surface area contributed by atoms with E-state index < -0.39 is 0 Å². The number of nitrogens with one attached hydrogen (secondary N) is 1. The Hall–Kier alpha value is -3.28. The number of nitrogen functional groups attached to an aromatic ring is 1. The molecule has 0 aliphatic carbocycles. The molecule has 3 aromatic rings. The van der Waals surface area contributed by atoms with Crippen molar-refractivity contribution in [2.45, 2.75) is 12.8 Å². The second kappa shape index (κ2) is 6.92. The van der Waals surface area contributed by atoms with Gasteiger partial charge in [0.15, 0.2) is 11.6 Å². The largest absolute Gasteiger partial charge is 0.497 e. The highest BCUT2D eigenvalue weighted by Crippen LogP contribution is 2.37. The number of anilines is 5. The Bertz CT molecular complexity index is 910. The van der Waals surface area contributed by atoms with Crippen LogP contribution in [0.15, 0.2) is 54.9 Å². The molecule has 132 valence electrons. The summed E-state index contributed by atoms with van der Waals surface area (Å²) < 4.78 is 5.19. The molecule has 6 heteroatoms. The van der Waals surface area contributed by atoms with E-state index in [9.17, 15) is 0 Å². The minimum absolute atomic E-state index is 0.542. The van der Waals surface area contributed by atoms with Crippen molar-refractivity contribution in [1.82, 2.24) is 9.97 Å². The Morgan fingerprint density at radius 1 is 1.08 bits per heavy atom. The average molecular weight is 347 g/mol. The van der Waals surface area contributed by atoms with Crippen molar-refractivity contribution < 1.29 is 4.74 Å². The first-order chi connectivity index (χ1) is 12.8. The molecule has 2 heterocycles. The second-order valence-corrected chi connectivity index (χ2v) is 6.20. The minimum atomic E-state index is 0.542. The third-order valence-electron chi connectivity index (χ3n) is 4.58. The van der Waals surface area contributed by atoms with Gasteiger partial charge in [0, 0.05) is 17.9 Å². The van der Waals surface area contributed by atoms with Gasteiger partial charge in [-0.05, 0) is 48.7 Å². The zero-order valence-electron chi connectivity index (χ0n) is 14.6. The van der Waals surface area contributed by atoms with E-state index in [1.807, 2.05) is 30.3 Å². The van der Waals surface area contributed by atoms with Crippen molar-refractivity contribution in [3.8, 4) is 5.75 Å². The maximum absolute atomic E-state index is 6.42. The molecule has 0 amide bonds. The average Bonchev–Trinajstić information content (AvgIpc) is 2.70. The van der Waals surface area contributed by atoms with E-state index in [2.05, 4.69) is 38.4 Å². The van der Waals surface area contributed by atoms with Crippen molar-refractivity contribution in [3.63, 3.8) is 0 Å². The number of benzene rings is 2. The zero-order valence-corrected chi connectivity index (χ0v) is 14.6. The molecular weight excluding hydrogens is 326 g/mol. The molecule has 0 bridgehead atoms. The molecule has 0 saturated carbocycles. The lowest BCUT2D eigenvalue weighted by Crippen LogP contribution is -2.26. The summed E-state index contributed by atoms with van der Waals surface area (Å²) >= 11 is 0. The van der Waals surface area contributed by atoms with Gasteiger partial charge in [0.1, 0.15) is 17.8 Å². The van der Waals surface area contributed by atoms with Crippen LogP contribution in [0.25, 0.3) is 0 Å². The number of hydrogen-bond donors (Lipinski definition) is 2. The molecule has 26 heavy (non-hydrogen) atoms. The molecule has 1 aromatic heterocycles. The fourth-order valence-corrected chi connectivity index (χ4v) is 3.27. The van der Waals surface area contributed by atoms with Crippen LogP contribution in [-0.4, -0.2) is 23.6 Å². The van der Waals surface area contributed by atoms with Crippen LogP contribution in [-0.2, 0) is 6.42 Å². The number of para-hydroxylation sites is 1. The smallest absolute Gasteiger partial charge is 0.161 e. The van der Waals surface area contributed by atoms with Gasteiger partial charge < -0.3 is 20.7 Å². The molecule has 0 fully saturated rings. The maximum atomic E-state index is 6.42. The Morgan fingerprint density at radius 3 is 2.69 bits per heavy atom. The molecule has 3 N–H and O–H groups in total. The molecule has 1 aliphatic heterocycles. The summed E-state index contributed by atoms with van der Waals surface area (Å²) in [6, 6.07) is 16.0. The van der Waals surface area contributed by atoms with E-state index >= 15 is 0 Å². The summed E-state index contributed by atoms with van der Waals surface area (Å²) in [7, 11) is 1.65. The summed E-state index contributed by atoms with van der Waals surface area (Å²) in [5.41, 5.74) is 10.3. The van der Waals surface area contributed by atoms with Crippen LogP contribution in [0, 0.1) is 0 Å². The van der Waals surface area contributed by atoms with Gasteiger partial charge in [0.25, 0.3) is 0 Å². The van der Waals surface area contributed by atoms with Crippen LogP contribution < -0.4 is 20.7 Å². The normalized spacial score (nSPS) is 13.2. The first kappa shape index (κ1) is 16.2. The molecule has 0 atom stereocenters. The number of fused-ring (bicyclic) bond motifs is 1.